The summed E-state index contributed by atoms with van der Waals surface area (Å²) in [6.45, 7) is 0. The Labute approximate surface area is 111 Å². The quantitative estimate of drug-likeness (QED) is 0.890. The van der Waals surface area contributed by atoms with Gasteiger partial charge in [0.15, 0.2) is 0 Å². The summed E-state index contributed by atoms with van der Waals surface area (Å²) in [5, 5.41) is 5.30. The molecule has 1 aromatic carbocycles. The summed E-state index contributed by atoms with van der Waals surface area (Å²) in [6.07, 6.45) is 2.59. The van der Waals surface area contributed by atoms with Crippen LogP contribution in [0.4, 0.5) is 0 Å². The van der Waals surface area contributed by atoms with Gasteiger partial charge in [-0.15, -0.1) is 0 Å². The summed E-state index contributed by atoms with van der Waals surface area (Å²) >= 11 is 14.0. The van der Waals surface area contributed by atoms with Gasteiger partial charge in [0.2, 0.25) is 0 Å². The van der Waals surface area contributed by atoms with Gasteiger partial charge in [-0.3, -0.25) is 0 Å². The van der Waals surface area contributed by atoms with Crippen LogP contribution in [0.15, 0.2) is 18.2 Å². The molecule has 0 aromatic heterocycles. The summed E-state index contributed by atoms with van der Waals surface area (Å²) in [7, 11) is 2.01. The molecule has 1 aromatic rings. The molecule has 2 rings (SSSR count). The maximum absolute atomic E-state index is 6.06. The smallest absolute Gasteiger partial charge is 0.0595 e. The second-order valence-corrected chi connectivity index (χ2v) is 6.15. The number of rotatable bonds is 3. The van der Waals surface area contributed by atoms with Crippen LogP contribution in [0.25, 0.3) is 0 Å². The number of benzene rings is 1. The van der Waals surface area contributed by atoms with Crippen LogP contribution >= 0.6 is 35.0 Å². The van der Waals surface area contributed by atoms with Crippen molar-refractivity contribution in [2.75, 3.05) is 12.8 Å². The molecule has 88 valence electrons. The zero-order valence-electron chi connectivity index (χ0n) is 9.17. The molecule has 1 aliphatic rings. The number of halogens is 2. The van der Waals surface area contributed by atoms with E-state index in [0.29, 0.717) is 21.3 Å². The van der Waals surface area contributed by atoms with E-state index in [1.165, 1.54) is 24.2 Å². The number of hydrogen-bond donors (Lipinski definition) is 1. The predicted octanol–water partition coefficient (Wildman–Crippen LogP) is 4.15. The molecule has 1 fully saturated rings. The van der Waals surface area contributed by atoms with Gasteiger partial charge in [0, 0.05) is 11.3 Å². The lowest BCUT2D eigenvalue weighted by atomic mass is 10.0. The molecule has 1 heterocycles. The second-order valence-electron chi connectivity index (χ2n) is 3.99. The van der Waals surface area contributed by atoms with Gasteiger partial charge in [0.25, 0.3) is 0 Å². The molecule has 1 saturated heterocycles. The molecule has 1 N–H and O–H groups in total. The Hall–Kier alpha value is 0.110. The molecule has 1 aliphatic heterocycles. The lowest BCUT2D eigenvalue weighted by Gasteiger charge is -2.23. The first kappa shape index (κ1) is 12.6. The molecule has 16 heavy (non-hydrogen) atoms. The van der Waals surface area contributed by atoms with Crippen LogP contribution in [0.5, 0.6) is 0 Å². The Morgan fingerprint density at radius 2 is 2.19 bits per heavy atom. The van der Waals surface area contributed by atoms with Crippen LogP contribution < -0.4 is 5.32 Å². The maximum atomic E-state index is 6.06. The molecule has 1 nitrogen and oxygen atoms in total. The molecular formula is C12H15Cl2NS. The van der Waals surface area contributed by atoms with Crippen LogP contribution in [0.2, 0.25) is 10.0 Å². The van der Waals surface area contributed by atoms with Gasteiger partial charge in [-0.1, -0.05) is 29.3 Å². The van der Waals surface area contributed by atoms with Gasteiger partial charge in [-0.2, -0.15) is 11.8 Å². The Balaban J connectivity index is 2.22. The fourth-order valence-electron chi connectivity index (χ4n) is 2.14. The molecule has 4 heteroatoms. The lowest BCUT2D eigenvalue weighted by Crippen LogP contribution is -2.25. The van der Waals surface area contributed by atoms with Gasteiger partial charge in [-0.25, -0.2) is 0 Å². The predicted molar refractivity (Wildman–Crippen MR) is 73.7 cm³/mol. The van der Waals surface area contributed by atoms with Gasteiger partial charge in [-0.05, 0) is 43.3 Å². The zero-order valence-corrected chi connectivity index (χ0v) is 11.5. The maximum Gasteiger partial charge on any atom is 0.0595 e. The monoisotopic (exact) mass is 275 g/mol. The average Bonchev–Trinajstić information content (AvgIpc) is 2.78. The standard InChI is InChI=1S/C12H15Cl2NS/c1-15-12(11-3-2-6-16-11)8-4-5-9(13)10(14)7-8/h4-5,7,11-12,15H,2-3,6H2,1H3. The molecule has 0 spiro atoms. The third-order valence-electron chi connectivity index (χ3n) is 2.95. The number of nitrogens with one attached hydrogen (secondary N) is 1. The highest BCUT2D eigenvalue weighted by atomic mass is 35.5. The van der Waals surface area contributed by atoms with Crippen molar-refractivity contribution in [3.05, 3.63) is 33.8 Å². The minimum absolute atomic E-state index is 0.377. The fraction of sp³-hybridized carbons (Fsp3) is 0.500. The van der Waals surface area contributed by atoms with Crippen molar-refractivity contribution in [2.24, 2.45) is 0 Å². The van der Waals surface area contributed by atoms with E-state index in [-0.39, 0.29) is 0 Å². The van der Waals surface area contributed by atoms with Gasteiger partial charge < -0.3 is 5.32 Å². The highest BCUT2D eigenvalue weighted by Crippen LogP contribution is 2.37. The minimum Gasteiger partial charge on any atom is -0.312 e. The normalized spacial score (nSPS) is 22.3. The zero-order chi connectivity index (χ0) is 11.5. The Bertz CT molecular complexity index is 364. The second kappa shape index (κ2) is 5.63. The molecule has 0 radical (unpaired) electrons. The van der Waals surface area contributed by atoms with Crippen molar-refractivity contribution in [3.8, 4) is 0 Å². The molecular weight excluding hydrogens is 261 g/mol. The minimum atomic E-state index is 0.377. The van der Waals surface area contributed by atoms with Crippen molar-refractivity contribution in [1.29, 1.82) is 0 Å². The highest BCUT2D eigenvalue weighted by Gasteiger charge is 2.25. The first-order valence-electron chi connectivity index (χ1n) is 5.46. The Morgan fingerprint density at radius 1 is 1.38 bits per heavy atom. The van der Waals surface area contributed by atoms with E-state index in [9.17, 15) is 0 Å². The van der Waals surface area contributed by atoms with Crippen molar-refractivity contribution < 1.29 is 0 Å². The Morgan fingerprint density at radius 3 is 2.75 bits per heavy atom. The van der Waals surface area contributed by atoms with E-state index in [1.807, 2.05) is 30.9 Å². The van der Waals surface area contributed by atoms with Crippen molar-refractivity contribution in [1.82, 2.24) is 5.32 Å². The number of thioether (sulfide) groups is 1. The summed E-state index contributed by atoms with van der Waals surface area (Å²) in [4.78, 5) is 0. The van der Waals surface area contributed by atoms with E-state index in [1.54, 1.807) is 0 Å². The lowest BCUT2D eigenvalue weighted by molar-refractivity contribution is 0.552. The van der Waals surface area contributed by atoms with E-state index in [2.05, 4.69) is 11.4 Å². The molecule has 0 bridgehead atoms. The van der Waals surface area contributed by atoms with Gasteiger partial charge >= 0.3 is 0 Å². The average molecular weight is 276 g/mol. The van der Waals surface area contributed by atoms with E-state index >= 15 is 0 Å². The fourth-order valence-corrected chi connectivity index (χ4v) is 3.90. The van der Waals surface area contributed by atoms with Crippen LogP contribution in [0.1, 0.15) is 24.4 Å². The molecule has 0 aliphatic carbocycles. The number of hydrogen-bond acceptors (Lipinski definition) is 2. The first-order chi connectivity index (χ1) is 7.72. The van der Waals surface area contributed by atoms with Gasteiger partial charge in [0.1, 0.15) is 0 Å². The Kier molecular flexibility index (Phi) is 4.42. The van der Waals surface area contributed by atoms with Crippen molar-refractivity contribution in [3.63, 3.8) is 0 Å². The van der Waals surface area contributed by atoms with E-state index in [0.717, 1.165) is 0 Å². The molecule has 2 unspecified atom stereocenters. The summed E-state index contributed by atoms with van der Waals surface area (Å²) in [5.41, 5.74) is 1.23. The molecule has 2 atom stereocenters. The van der Waals surface area contributed by atoms with Crippen LogP contribution in [0, 0.1) is 0 Å². The van der Waals surface area contributed by atoms with Crippen LogP contribution in [0.3, 0.4) is 0 Å². The van der Waals surface area contributed by atoms with Crippen LogP contribution in [-0.4, -0.2) is 18.1 Å². The third kappa shape index (κ3) is 2.67. The molecule has 0 amide bonds. The van der Waals surface area contributed by atoms with Crippen molar-refractivity contribution >= 4 is 35.0 Å². The topological polar surface area (TPSA) is 12.0 Å². The van der Waals surface area contributed by atoms with E-state index in [4.69, 9.17) is 23.2 Å². The summed E-state index contributed by atoms with van der Waals surface area (Å²) in [5.74, 6) is 1.27. The molecule has 0 saturated carbocycles. The largest absolute Gasteiger partial charge is 0.312 e. The summed E-state index contributed by atoms with van der Waals surface area (Å²) < 4.78 is 0. The van der Waals surface area contributed by atoms with Crippen LogP contribution in [-0.2, 0) is 0 Å². The SMILES string of the molecule is CNC(c1ccc(Cl)c(Cl)c1)C1CCCS1. The highest BCUT2D eigenvalue weighted by molar-refractivity contribution is 8.00. The van der Waals surface area contributed by atoms with E-state index < -0.39 is 0 Å². The van der Waals surface area contributed by atoms with Gasteiger partial charge in [0.05, 0.1) is 10.0 Å². The third-order valence-corrected chi connectivity index (χ3v) is 5.15. The summed E-state index contributed by atoms with van der Waals surface area (Å²) in [6, 6.07) is 6.30. The van der Waals surface area contributed by atoms with Crippen molar-refractivity contribution in [2.45, 2.75) is 24.1 Å². The first-order valence-corrected chi connectivity index (χ1v) is 7.26.